The zero-order chi connectivity index (χ0) is 19.1. The van der Waals surface area contributed by atoms with Crippen LogP contribution < -0.4 is 14.8 Å². The molecule has 1 aromatic carbocycles. The van der Waals surface area contributed by atoms with Crippen LogP contribution in [0.25, 0.3) is 0 Å². The fourth-order valence-electron chi connectivity index (χ4n) is 2.20. The Balaban J connectivity index is 2.10. The summed E-state index contributed by atoms with van der Waals surface area (Å²) in [6.07, 6.45) is 1.94. The van der Waals surface area contributed by atoms with E-state index in [1.165, 1.54) is 23.9 Å². The number of nitrogens with zero attached hydrogens (tertiary/aromatic N) is 2. The summed E-state index contributed by atoms with van der Waals surface area (Å²) >= 11 is -0.816. The van der Waals surface area contributed by atoms with Gasteiger partial charge in [0.15, 0.2) is 0 Å². The molecule has 2 amide bonds. The fraction of sp³-hybridized carbons (Fsp3) is 0.312. The Hall–Kier alpha value is -2.51. The number of carbonyl (C=O) groups is 2. The van der Waals surface area contributed by atoms with Crippen molar-refractivity contribution in [1.29, 1.82) is 5.26 Å². The Morgan fingerprint density at radius 3 is 3.00 bits per heavy atom. The lowest BCUT2D eigenvalue weighted by Gasteiger charge is -2.15. The van der Waals surface area contributed by atoms with E-state index in [9.17, 15) is 13.8 Å². The van der Waals surface area contributed by atoms with Crippen molar-refractivity contribution in [3.05, 3.63) is 36.2 Å². The predicted molar refractivity (Wildman–Crippen MR) is 97.8 cm³/mol. The molecule has 0 aromatic heterocycles. The topological polar surface area (TPSA) is 123 Å². The molecule has 1 aliphatic rings. The molecule has 1 aromatic rings. The van der Waals surface area contributed by atoms with E-state index < -0.39 is 11.4 Å². The summed E-state index contributed by atoms with van der Waals surface area (Å²) < 4.78 is 21.5. The summed E-state index contributed by atoms with van der Waals surface area (Å²) in [7, 11) is 0. The molecule has 0 saturated carbocycles. The third-order valence-corrected chi connectivity index (χ3v) is 5.31. The lowest BCUT2D eigenvalue weighted by Crippen LogP contribution is -2.31. The molecule has 2 N–H and O–H groups in total. The minimum Gasteiger partial charge on any atom is -0.371 e. The highest BCUT2D eigenvalue weighted by Crippen LogP contribution is 2.31. The first-order chi connectivity index (χ1) is 12.5. The van der Waals surface area contributed by atoms with E-state index in [1.54, 1.807) is 18.2 Å². The molecular weight excluding hydrogens is 378 g/mol. The zero-order valence-corrected chi connectivity index (χ0v) is 15.5. The largest absolute Gasteiger partial charge is 0.419 e. The second-order valence-corrected chi connectivity index (χ2v) is 7.23. The number of imide groups is 1. The van der Waals surface area contributed by atoms with Crippen molar-refractivity contribution in [2.24, 2.45) is 5.73 Å². The van der Waals surface area contributed by atoms with Crippen LogP contribution in [0.2, 0.25) is 0 Å². The lowest BCUT2D eigenvalue weighted by molar-refractivity contribution is -0.121. The second kappa shape index (κ2) is 9.26. The molecule has 1 fully saturated rings. The summed E-state index contributed by atoms with van der Waals surface area (Å²) in [5, 5.41) is 8.04. The number of nitriles is 1. The van der Waals surface area contributed by atoms with E-state index in [0.29, 0.717) is 5.69 Å². The molecule has 0 spiro atoms. The first-order valence-corrected chi connectivity index (χ1v) is 9.73. The summed E-state index contributed by atoms with van der Waals surface area (Å²) in [4.78, 5) is 25.8. The van der Waals surface area contributed by atoms with Crippen molar-refractivity contribution in [2.75, 3.05) is 10.7 Å². The van der Waals surface area contributed by atoms with Gasteiger partial charge in [-0.25, -0.2) is 4.90 Å². The number of hydrogen-bond donors (Lipinski definition) is 1. The molecule has 138 valence electrons. The van der Waals surface area contributed by atoms with Gasteiger partial charge < -0.3 is 14.1 Å². The molecule has 1 saturated heterocycles. The first kappa shape index (κ1) is 19.8. The van der Waals surface area contributed by atoms with Gasteiger partial charge in [-0.05, 0) is 24.3 Å². The Kier molecular flexibility index (Phi) is 7.06. The van der Waals surface area contributed by atoms with Gasteiger partial charge in [-0.2, -0.15) is 9.47 Å². The van der Waals surface area contributed by atoms with Gasteiger partial charge in [-0.15, -0.1) is 11.8 Å². The van der Waals surface area contributed by atoms with Crippen LogP contribution in [0.15, 0.2) is 36.2 Å². The van der Waals surface area contributed by atoms with Crippen molar-refractivity contribution in [3.63, 3.8) is 0 Å². The fourth-order valence-corrected chi connectivity index (χ4v) is 3.73. The SMILES string of the molecule is CCCSC1CC(=O)N(c2cccc(OS(=O)O/C(N)=C/C#N)c2)C1=O. The van der Waals surface area contributed by atoms with E-state index in [1.807, 2.05) is 6.92 Å². The first-order valence-electron chi connectivity index (χ1n) is 7.68. The molecular formula is C16H17N3O5S2. The Morgan fingerprint density at radius 2 is 2.31 bits per heavy atom. The summed E-state index contributed by atoms with van der Waals surface area (Å²) in [6.45, 7) is 2.01. The highest BCUT2D eigenvalue weighted by atomic mass is 32.2. The molecule has 2 unspecified atom stereocenters. The van der Waals surface area contributed by atoms with Crippen molar-refractivity contribution in [3.8, 4) is 11.8 Å². The van der Waals surface area contributed by atoms with Gasteiger partial charge in [0.25, 0.3) is 0 Å². The van der Waals surface area contributed by atoms with E-state index in [2.05, 4.69) is 4.18 Å². The Morgan fingerprint density at radius 1 is 1.54 bits per heavy atom. The van der Waals surface area contributed by atoms with Gasteiger partial charge >= 0.3 is 11.4 Å². The summed E-state index contributed by atoms with van der Waals surface area (Å²) in [5.74, 6) is -0.00345. The molecule has 0 bridgehead atoms. The van der Waals surface area contributed by atoms with Gasteiger partial charge in [0.2, 0.25) is 17.7 Å². The highest BCUT2D eigenvalue weighted by molar-refractivity contribution is 8.00. The number of carbonyl (C=O) groups excluding carboxylic acids is 2. The molecule has 0 radical (unpaired) electrons. The third kappa shape index (κ3) is 5.00. The van der Waals surface area contributed by atoms with Gasteiger partial charge in [0.05, 0.1) is 23.1 Å². The van der Waals surface area contributed by atoms with Crippen LogP contribution in [0.3, 0.4) is 0 Å². The maximum Gasteiger partial charge on any atom is 0.419 e. The van der Waals surface area contributed by atoms with Crippen molar-refractivity contribution < 1.29 is 22.2 Å². The average molecular weight is 395 g/mol. The van der Waals surface area contributed by atoms with E-state index in [0.717, 1.165) is 23.1 Å². The number of nitrogens with two attached hydrogens (primary N) is 1. The smallest absolute Gasteiger partial charge is 0.371 e. The van der Waals surface area contributed by atoms with E-state index in [-0.39, 0.29) is 35.1 Å². The molecule has 8 nitrogen and oxygen atoms in total. The molecule has 1 aliphatic heterocycles. The third-order valence-electron chi connectivity index (χ3n) is 3.24. The molecule has 2 atom stereocenters. The Labute approximate surface area is 157 Å². The minimum absolute atomic E-state index is 0.121. The average Bonchev–Trinajstić information content (AvgIpc) is 2.87. The predicted octanol–water partition coefficient (Wildman–Crippen LogP) is 1.76. The van der Waals surface area contributed by atoms with Crippen molar-refractivity contribution in [2.45, 2.75) is 25.0 Å². The number of amides is 2. The van der Waals surface area contributed by atoms with Crippen LogP contribution in [-0.4, -0.2) is 27.0 Å². The lowest BCUT2D eigenvalue weighted by atomic mass is 10.3. The standard InChI is InChI=1S/C16H17N3O5S2/c1-2-8-25-13-10-15(20)19(16(13)21)11-4-3-5-12(9-11)23-26(22)24-14(18)6-7-17/h3-6,9,13H,2,8,10,18H2,1H3/b14-6+. The van der Waals surface area contributed by atoms with Gasteiger partial charge in [0, 0.05) is 12.5 Å². The minimum atomic E-state index is -2.28. The maximum absolute atomic E-state index is 12.5. The molecule has 26 heavy (non-hydrogen) atoms. The van der Waals surface area contributed by atoms with E-state index >= 15 is 0 Å². The number of thioether (sulfide) groups is 1. The van der Waals surface area contributed by atoms with Crippen LogP contribution in [-0.2, 0) is 25.1 Å². The molecule has 10 heteroatoms. The molecule has 0 aliphatic carbocycles. The van der Waals surface area contributed by atoms with E-state index in [4.69, 9.17) is 15.2 Å². The summed E-state index contributed by atoms with van der Waals surface area (Å²) in [5.41, 5.74) is 5.63. The van der Waals surface area contributed by atoms with Crippen LogP contribution in [0, 0.1) is 11.3 Å². The van der Waals surface area contributed by atoms with Gasteiger partial charge in [-0.1, -0.05) is 13.0 Å². The monoisotopic (exact) mass is 395 g/mol. The summed E-state index contributed by atoms with van der Waals surface area (Å²) in [6, 6.07) is 7.67. The van der Waals surface area contributed by atoms with Crippen molar-refractivity contribution >= 4 is 40.6 Å². The quantitative estimate of drug-likeness (QED) is 0.401. The van der Waals surface area contributed by atoms with Crippen LogP contribution >= 0.6 is 11.8 Å². The highest BCUT2D eigenvalue weighted by Gasteiger charge is 2.39. The number of benzene rings is 1. The normalized spacial score (nSPS) is 18.5. The van der Waals surface area contributed by atoms with Crippen LogP contribution in [0.1, 0.15) is 19.8 Å². The van der Waals surface area contributed by atoms with Crippen LogP contribution in [0.4, 0.5) is 5.69 Å². The van der Waals surface area contributed by atoms with Crippen molar-refractivity contribution in [1.82, 2.24) is 0 Å². The molecule has 1 heterocycles. The van der Waals surface area contributed by atoms with Crippen LogP contribution in [0.5, 0.6) is 5.75 Å². The zero-order valence-electron chi connectivity index (χ0n) is 13.9. The number of hydrogen-bond acceptors (Lipinski definition) is 8. The second-order valence-electron chi connectivity index (χ2n) is 5.17. The Bertz CT molecular complexity index is 790. The van der Waals surface area contributed by atoms with Gasteiger partial charge in [0.1, 0.15) is 5.75 Å². The van der Waals surface area contributed by atoms with Gasteiger partial charge in [-0.3, -0.25) is 9.59 Å². The number of allylic oxidation sites excluding steroid dienone is 1. The number of rotatable bonds is 8. The number of anilines is 1. The maximum atomic E-state index is 12.5. The molecule has 2 rings (SSSR count).